The summed E-state index contributed by atoms with van der Waals surface area (Å²) in [4.78, 5) is 5.87. The fourth-order valence-corrected chi connectivity index (χ4v) is 4.33. The Morgan fingerprint density at radius 1 is 1.32 bits per heavy atom. The van der Waals surface area contributed by atoms with Crippen LogP contribution in [0.4, 0.5) is 39.3 Å². The maximum absolute atomic E-state index is 14.7. The number of methoxy groups -OCH3 is 1. The lowest BCUT2D eigenvalue weighted by Crippen LogP contribution is -2.53. The maximum atomic E-state index is 14.7. The summed E-state index contributed by atoms with van der Waals surface area (Å²) in [5.41, 5.74) is 8.72. The van der Waals surface area contributed by atoms with E-state index in [9.17, 15) is 22.0 Å². The second-order valence-electron chi connectivity index (χ2n) is 8.97. The largest absolute Gasteiger partial charge is 0.467 e. The predicted molar refractivity (Wildman–Crippen MR) is 127 cm³/mol. The first-order valence-corrected chi connectivity index (χ1v) is 11.3. The molecule has 1 fully saturated rings. The van der Waals surface area contributed by atoms with E-state index >= 15 is 0 Å². The van der Waals surface area contributed by atoms with E-state index in [1.165, 1.54) is 23.8 Å². The number of rotatable bonds is 7. The van der Waals surface area contributed by atoms with Crippen LogP contribution < -0.4 is 10.1 Å². The van der Waals surface area contributed by atoms with Crippen LogP contribution in [0.15, 0.2) is 35.6 Å². The number of hydrogen-bond donors (Lipinski definition) is 2. The van der Waals surface area contributed by atoms with Gasteiger partial charge in [-0.15, -0.1) is 0 Å². The van der Waals surface area contributed by atoms with Crippen LogP contribution >= 0.6 is 0 Å². The molecule has 1 saturated heterocycles. The molecule has 0 aliphatic carbocycles. The minimum absolute atomic E-state index is 0.0154. The van der Waals surface area contributed by atoms with Gasteiger partial charge >= 0.3 is 18.0 Å². The number of likely N-dealkylation sites (tertiary alicyclic amines) is 1. The minimum atomic E-state index is -4.50. The minimum Gasteiger partial charge on any atom is -0.467 e. The van der Waals surface area contributed by atoms with Crippen molar-refractivity contribution in [3.63, 3.8) is 0 Å². The van der Waals surface area contributed by atoms with E-state index in [4.69, 9.17) is 10.3 Å². The molecule has 1 aromatic carbocycles. The zero-order valence-electron chi connectivity index (χ0n) is 20.4. The number of aromatic nitrogens is 3. The fourth-order valence-electron chi connectivity index (χ4n) is 4.33. The number of ether oxygens (including phenoxy) is 1. The molecule has 37 heavy (non-hydrogen) atoms. The highest BCUT2D eigenvalue weighted by atomic mass is 19.4. The zero-order chi connectivity index (χ0) is 27.1. The van der Waals surface area contributed by atoms with E-state index in [0.29, 0.717) is 23.2 Å². The van der Waals surface area contributed by atoms with Crippen LogP contribution in [0.1, 0.15) is 13.3 Å². The summed E-state index contributed by atoms with van der Waals surface area (Å²) >= 11 is 0. The molecule has 0 radical (unpaired) electrons. The van der Waals surface area contributed by atoms with Gasteiger partial charge in [-0.25, -0.2) is 18.9 Å². The van der Waals surface area contributed by atoms with Gasteiger partial charge in [-0.05, 0) is 42.7 Å². The van der Waals surface area contributed by atoms with Gasteiger partial charge in [-0.2, -0.15) is 22.8 Å². The average molecular weight is 526 g/mol. The molecule has 3 aromatic rings. The number of alkyl halides is 5. The van der Waals surface area contributed by atoms with Gasteiger partial charge < -0.3 is 15.0 Å². The molecule has 198 valence electrons. The number of nitrogens with one attached hydrogen (secondary N) is 2. The molecule has 0 amide bonds. The van der Waals surface area contributed by atoms with Gasteiger partial charge in [0.15, 0.2) is 5.52 Å². The van der Waals surface area contributed by atoms with Gasteiger partial charge in [-0.3, -0.25) is 0 Å². The molecule has 14 heteroatoms. The molecule has 1 aliphatic rings. The highest BCUT2D eigenvalue weighted by Gasteiger charge is 2.48. The monoisotopic (exact) mass is 525 g/mol. The quantitative estimate of drug-likeness (QED) is 0.193. The van der Waals surface area contributed by atoms with Gasteiger partial charge in [-0.1, -0.05) is 6.07 Å². The first-order chi connectivity index (χ1) is 17.4. The molecule has 0 saturated carbocycles. The normalized spacial score (nSPS) is 19.0. The van der Waals surface area contributed by atoms with Crippen LogP contribution in [-0.2, 0) is 0 Å². The second kappa shape index (κ2) is 9.65. The van der Waals surface area contributed by atoms with Gasteiger partial charge in [0.25, 0.3) is 5.92 Å². The van der Waals surface area contributed by atoms with E-state index in [0.717, 1.165) is 11.5 Å². The van der Waals surface area contributed by atoms with Crippen molar-refractivity contribution in [2.24, 2.45) is 5.11 Å². The molecule has 2 atom stereocenters. The molecule has 9 nitrogen and oxygen atoms in total. The lowest BCUT2D eigenvalue weighted by Gasteiger charge is -2.35. The summed E-state index contributed by atoms with van der Waals surface area (Å²) in [6.45, 7) is 4.80. The van der Waals surface area contributed by atoms with Crippen LogP contribution in [-0.4, -0.2) is 82.2 Å². The van der Waals surface area contributed by atoms with Crippen molar-refractivity contribution in [3.05, 3.63) is 30.5 Å². The Morgan fingerprint density at radius 2 is 2.05 bits per heavy atom. The number of fused-ring (bicyclic) bond motifs is 1. The number of nitrogens with zero attached hydrogens (tertiary/aromatic N) is 6. The van der Waals surface area contributed by atoms with Gasteiger partial charge in [0.2, 0.25) is 0 Å². The molecule has 1 aliphatic heterocycles. The molecular weight excluding hydrogens is 499 g/mol. The molecule has 2 N–H and O–H groups in total. The van der Waals surface area contributed by atoms with E-state index in [-0.39, 0.29) is 29.6 Å². The molecule has 4 rings (SSSR count). The summed E-state index contributed by atoms with van der Waals surface area (Å²) in [7, 11) is 2.99. The Bertz CT molecular complexity index is 1340. The van der Waals surface area contributed by atoms with E-state index in [1.54, 1.807) is 30.3 Å². The summed E-state index contributed by atoms with van der Waals surface area (Å²) in [6, 6.07) is 3.00. The third kappa shape index (κ3) is 5.10. The fraction of sp³-hybridized carbons (Fsp3) is 0.435. The Balaban J connectivity index is 1.74. The average Bonchev–Trinajstić information content (AvgIpc) is 3.26. The van der Waals surface area contributed by atoms with E-state index < -0.39 is 30.7 Å². The molecule has 0 spiro atoms. The van der Waals surface area contributed by atoms with Crippen LogP contribution in [0.3, 0.4) is 0 Å². The van der Waals surface area contributed by atoms with Gasteiger partial charge in [0.1, 0.15) is 17.8 Å². The summed E-state index contributed by atoms with van der Waals surface area (Å²) in [5.74, 6) is -3.03. The number of hydrogen-bond acceptors (Lipinski definition) is 7. The molecule has 2 aromatic heterocycles. The smallest absolute Gasteiger partial charge is 0.457 e. The predicted octanol–water partition coefficient (Wildman–Crippen LogP) is 5.11. The topological polar surface area (TPSA) is 93.9 Å². The van der Waals surface area contributed by atoms with Crippen molar-refractivity contribution in [3.8, 4) is 17.0 Å². The highest BCUT2D eigenvalue weighted by molar-refractivity contribution is 5.87. The zero-order valence-corrected chi connectivity index (χ0v) is 20.4. The number of benzene rings is 1. The summed E-state index contributed by atoms with van der Waals surface area (Å²) in [6.07, 6.45) is -2.78. The van der Waals surface area contributed by atoms with Crippen molar-refractivity contribution in [2.75, 3.05) is 32.6 Å². The van der Waals surface area contributed by atoms with Gasteiger partial charge in [0.05, 0.1) is 19.3 Å². The molecule has 0 unspecified atom stereocenters. The first kappa shape index (κ1) is 26.4. The van der Waals surface area contributed by atoms with Crippen LogP contribution in [0.25, 0.3) is 16.6 Å². The van der Waals surface area contributed by atoms with Crippen molar-refractivity contribution >= 4 is 29.6 Å². The molecule has 0 bridgehead atoms. The van der Waals surface area contributed by atoms with Crippen LogP contribution in [0, 0.1) is 5.53 Å². The standard InChI is InChI=1S/C23H26F5N8O/c1-13(23(26,27)28)30-17-11-14(5-6-16(17)32-29)15-7-10-36-19(15)20(37-4)31-21(33-36)35(3)18-8-9-34(2)12-22(18,24)25/h5-7,10-11,13,18,29-30H,3,8-9,12H2,1-2,4H3/q+1/t13-,18-/m1/s1. The summed E-state index contributed by atoms with van der Waals surface area (Å²) < 4.78 is 76.8. The number of piperidine rings is 1. The van der Waals surface area contributed by atoms with E-state index in [1.807, 2.05) is 0 Å². The van der Waals surface area contributed by atoms with Crippen molar-refractivity contribution < 1.29 is 31.3 Å². The third-order valence-corrected chi connectivity index (χ3v) is 6.34. The summed E-state index contributed by atoms with van der Waals surface area (Å²) in [5, 5.41) is 10.0. The number of halogens is 5. The Kier molecular flexibility index (Phi) is 6.88. The SMILES string of the molecule is C=[N+](c1nc(OC)c2c(-c3ccc(N=N)c(N[C@H](C)C(F)(F)F)c3)ccn2n1)[C@@H]1CCN(C)CC1(F)F. The second-order valence-corrected chi connectivity index (χ2v) is 8.97. The molecular formula is C23H26F5N8O+. The maximum Gasteiger partial charge on any atom is 0.457 e. The van der Waals surface area contributed by atoms with Gasteiger partial charge in [0, 0.05) is 36.5 Å². The number of anilines is 1. The third-order valence-electron chi connectivity index (χ3n) is 6.34. The Labute approximate surface area is 209 Å². The van der Waals surface area contributed by atoms with Crippen LogP contribution in [0.2, 0.25) is 0 Å². The lowest BCUT2D eigenvalue weighted by molar-refractivity contribution is -0.522. The van der Waals surface area contributed by atoms with Crippen molar-refractivity contribution in [1.82, 2.24) is 19.5 Å². The first-order valence-electron chi connectivity index (χ1n) is 11.3. The molecule has 3 heterocycles. The Hall–Kier alpha value is -3.68. The van der Waals surface area contributed by atoms with Crippen molar-refractivity contribution in [1.29, 1.82) is 5.53 Å². The Morgan fingerprint density at radius 3 is 2.68 bits per heavy atom. The van der Waals surface area contributed by atoms with Crippen LogP contribution in [0.5, 0.6) is 5.88 Å². The van der Waals surface area contributed by atoms with Crippen molar-refractivity contribution in [2.45, 2.75) is 37.5 Å². The highest BCUT2D eigenvalue weighted by Crippen LogP contribution is 2.38. The van der Waals surface area contributed by atoms with E-state index in [2.05, 4.69) is 27.2 Å². The lowest BCUT2D eigenvalue weighted by atomic mass is 10.0.